The molecule has 0 atom stereocenters. The van der Waals surface area contributed by atoms with E-state index in [1.807, 2.05) is 6.92 Å². The highest BCUT2D eigenvalue weighted by Gasteiger charge is 2.03. The number of hydrogen-bond donors (Lipinski definition) is 2. The lowest BCUT2D eigenvalue weighted by Crippen LogP contribution is -2.09. The number of anilines is 2. The van der Waals surface area contributed by atoms with Crippen LogP contribution in [0.3, 0.4) is 0 Å². The van der Waals surface area contributed by atoms with E-state index in [1.165, 1.54) is 0 Å². The minimum Gasteiger partial charge on any atom is -0.384 e. The van der Waals surface area contributed by atoms with Crippen LogP contribution in [0.25, 0.3) is 0 Å². The molecule has 0 amide bonds. The molecule has 0 aliphatic carbocycles. The molecule has 2 aromatic rings. The quantitative estimate of drug-likeness (QED) is 0.835. The van der Waals surface area contributed by atoms with Gasteiger partial charge in [0.15, 0.2) is 5.82 Å². The number of ether oxygens (including phenoxy) is 1. The molecule has 6 nitrogen and oxygen atoms in total. The van der Waals surface area contributed by atoms with Crippen LogP contribution in [-0.4, -0.2) is 28.6 Å². The first-order valence-corrected chi connectivity index (χ1v) is 6.82. The standard InChI is InChI=1S/C12H17N5OS/c1-8-7-19-12(15-8)3-4-14-10-5-9(13)16-11(17-10)6-18-2/h5,7H,3-4,6H2,1-2H3,(H3,13,14,16,17). The van der Waals surface area contributed by atoms with Crippen molar-refractivity contribution < 1.29 is 4.74 Å². The molecule has 2 rings (SSSR count). The molecule has 0 aliphatic heterocycles. The lowest BCUT2D eigenvalue weighted by Gasteiger charge is -2.07. The maximum atomic E-state index is 5.72. The number of rotatable bonds is 6. The summed E-state index contributed by atoms with van der Waals surface area (Å²) >= 11 is 1.67. The van der Waals surface area contributed by atoms with Crippen LogP contribution in [-0.2, 0) is 17.8 Å². The molecule has 0 bridgehead atoms. The Labute approximate surface area is 116 Å². The number of thiazole rings is 1. The Morgan fingerprint density at radius 2 is 2.21 bits per heavy atom. The number of aryl methyl sites for hydroxylation is 1. The normalized spacial score (nSPS) is 10.6. The van der Waals surface area contributed by atoms with Crippen LogP contribution in [0, 0.1) is 6.92 Å². The number of hydrogen-bond acceptors (Lipinski definition) is 7. The highest BCUT2D eigenvalue weighted by atomic mass is 32.1. The summed E-state index contributed by atoms with van der Waals surface area (Å²) in [5, 5.41) is 6.39. The number of nitrogens with one attached hydrogen (secondary N) is 1. The van der Waals surface area contributed by atoms with Gasteiger partial charge in [-0.3, -0.25) is 0 Å². The van der Waals surface area contributed by atoms with Crippen molar-refractivity contribution in [1.29, 1.82) is 0 Å². The first-order valence-electron chi connectivity index (χ1n) is 5.94. The van der Waals surface area contributed by atoms with Gasteiger partial charge >= 0.3 is 0 Å². The monoisotopic (exact) mass is 279 g/mol. The fraction of sp³-hybridized carbons (Fsp3) is 0.417. The SMILES string of the molecule is COCc1nc(N)cc(NCCc2nc(C)cs2)n1. The third kappa shape index (κ3) is 4.15. The molecule has 0 fully saturated rings. The zero-order valence-electron chi connectivity index (χ0n) is 11.0. The summed E-state index contributed by atoms with van der Waals surface area (Å²) in [6.07, 6.45) is 0.863. The van der Waals surface area contributed by atoms with Gasteiger partial charge in [-0.2, -0.15) is 0 Å². The molecule has 0 aliphatic rings. The number of nitrogen functional groups attached to an aromatic ring is 1. The lowest BCUT2D eigenvalue weighted by atomic mass is 10.4. The third-order valence-electron chi connectivity index (χ3n) is 2.38. The van der Waals surface area contributed by atoms with Crippen LogP contribution in [0.2, 0.25) is 0 Å². The summed E-state index contributed by atoms with van der Waals surface area (Å²) in [5.74, 6) is 1.73. The van der Waals surface area contributed by atoms with Gasteiger partial charge in [-0.25, -0.2) is 15.0 Å². The van der Waals surface area contributed by atoms with E-state index in [4.69, 9.17) is 10.5 Å². The summed E-state index contributed by atoms with van der Waals surface area (Å²) in [4.78, 5) is 12.8. The molecule has 102 valence electrons. The highest BCUT2D eigenvalue weighted by molar-refractivity contribution is 7.09. The number of nitrogens with two attached hydrogens (primary N) is 1. The highest BCUT2D eigenvalue weighted by Crippen LogP contribution is 2.11. The van der Waals surface area contributed by atoms with E-state index in [1.54, 1.807) is 24.5 Å². The number of methoxy groups -OCH3 is 1. The topological polar surface area (TPSA) is 86.0 Å². The zero-order chi connectivity index (χ0) is 13.7. The van der Waals surface area contributed by atoms with E-state index >= 15 is 0 Å². The summed E-state index contributed by atoms with van der Waals surface area (Å²) < 4.78 is 5.00. The minimum atomic E-state index is 0.353. The van der Waals surface area contributed by atoms with Crippen LogP contribution < -0.4 is 11.1 Å². The van der Waals surface area contributed by atoms with Crippen LogP contribution >= 0.6 is 11.3 Å². The Hall–Kier alpha value is -1.73. The van der Waals surface area contributed by atoms with Crippen molar-refractivity contribution in [1.82, 2.24) is 15.0 Å². The Morgan fingerprint density at radius 1 is 1.37 bits per heavy atom. The van der Waals surface area contributed by atoms with Crippen molar-refractivity contribution >= 4 is 23.0 Å². The van der Waals surface area contributed by atoms with E-state index < -0.39 is 0 Å². The van der Waals surface area contributed by atoms with Crippen molar-refractivity contribution in [2.45, 2.75) is 20.0 Å². The van der Waals surface area contributed by atoms with Gasteiger partial charge in [-0.15, -0.1) is 11.3 Å². The zero-order valence-corrected chi connectivity index (χ0v) is 11.8. The average molecular weight is 279 g/mol. The van der Waals surface area contributed by atoms with E-state index in [0.717, 1.165) is 23.7 Å². The van der Waals surface area contributed by atoms with Gasteiger partial charge in [-0.05, 0) is 6.92 Å². The Bertz CT molecular complexity index is 543. The van der Waals surface area contributed by atoms with Crippen molar-refractivity contribution in [3.05, 3.63) is 28.0 Å². The summed E-state index contributed by atoms with van der Waals surface area (Å²) in [7, 11) is 1.60. The summed E-state index contributed by atoms with van der Waals surface area (Å²) in [5.41, 5.74) is 6.78. The van der Waals surface area contributed by atoms with E-state index in [9.17, 15) is 0 Å². The van der Waals surface area contributed by atoms with Crippen LogP contribution in [0.4, 0.5) is 11.6 Å². The van der Waals surface area contributed by atoms with Crippen molar-refractivity contribution in [3.8, 4) is 0 Å². The average Bonchev–Trinajstić information content (AvgIpc) is 2.75. The molecular weight excluding hydrogens is 262 g/mol. The maximum Gasteiger partial charge on any atom is 0.158 e. The van der Waals surface area contributed by atoms with Gasteiger partial charge < -0.3 is 15.8 Å². The van der Waals surface area contributed by atoms with Gasteiger partial charge in [0.1, 0.15) is 18.2 Å². The van der Waals surface area contributed by atoms with Gasteiger partial charge in [0.25, 0.3) is 0 Å². The predicted molar refractivity (Wildman–Crippen MR) is 76.2 cm³/mol. The van der Waals surface area contributed by atoms with E-state index in [0.29, 0.717) is 24.1 Å². The van der Waals surface area contributed by atoms with Gasteiger partial charge in [0.05, 0.1) is 5.01 Å². The molecule has 0 aromatic carbocycles. The van der Waals surface area contributed by atoms with Gasteiger partial charge in [-0.1, -0.05) is 0 Å². The van der Waals surface area contributed by atoms with Crippen molar-refractivity contribution in [2.24, 2.45) is 0 Å². The number of nitrogens with zero attached hydrogens (tertiary/aromatic N) is 3. The molecule has 0 radical (unpaired) electrons. The molecular formula is C12H17N5OS. The summed E-state index contributed by atoms with van der Waals surface area (Å²) in [6.45, 7) is 3.11. The Balaban J connectivity index is 1.91. The molecule has 0 spiro atoms. The smallest absolute Gasteiger partial charge is 0.158 e. The Kier molecular flexibility index (Phi) is 4.64. The molecule has 0 saturated carbocycles. The summed E-state index contributed by atoms with van der Waals surface area (Å²) in [6, 6.07) is 1.71. The number of aromatic nitrogens is 3. The van der Waals surface area contributed by atoms with Crippen LogP contribution in [0.5, 0.6) is 0 Å². The Morgan fingerprint density at radius 3 is 2.89 bits per heavy atom. The van der Waals surface area contributed by atoms with E-state index in [-0.39, 0.29) is 0 Å². The molecule has 19 heavy (non-hydrogen) atoms. The largest absolute Gasteiger partial charge is 0.384 e. The van der Waals surface area contributed by atoms with Crippen molar-refractivity contribution in [3.63, 3.8) is 0 Å². The second-order valence-corrected chi connectivity index (χ2v) is 5.03. The first-order chi connectivity index (χ1) is 9.17. The van der Waals surface area contributed by atoms with Gasteiger partial charge in [0, 0.05) is 37.2 Å². The predicted octanol–water partition coefficient (Wildman–Crippen LogP) is 1.62. The molecule has 0 saturated heterocycles. The van der Waals surface area contributed by atoms with E-state index in [2.05, 4.69) is 25.6 Å². The fourth-order valence-corrected chi connectivity index (χ4v) is 2.39. The minimum absolute atomic E-state index is 0.353. The lowest BCUT2D eigenvalue weighted by molar-refractivity contribution is 0.178. The molecule has 7 heteroatoms. The molecule has 3 N–H and O–H groups in total. The second kappa shape index (κ2) is 6.44. The second-order valence-electron chi connectivity index (χ2n) is 4.09. The van der Waals surface area contributed by atoms with Crippen molar-refractivity contribution in [2.75, 3.05) is 24.7 Å². The molecule has 2 heterocycles. The van der Waals surface area contributed by atoms with Gasteiger partial charge in [0.2, 0.25) is 0 Å². The van der Waals surface area contributed by atoms with Crippen LogP contribution in [0.15, 0.2) is 11.4 Å². The molecule has 0 unspecified atom stereocenters. The fourth-order valence-electron chi connectivity index (χ4n) is 1.62. The molecule has 2 aromatic heterocycles. The maximum absolute atomic E-state index is 5.72. The van der Waals surface area contributed by atoms with Crippen LogP contribution in [0.1, 0.15) is 16.5 Å². The third-order valence-corrected chi connectivity index (χ3v) is 3.40. The first kappa shape index (κ1) is 13.7.